The number of hydrogen-bond donors (Lipinski definition) is 2. The van der Waals surface area contributed by atoms with E-state index in [9.17, 15) is 5.11 Å². The Morgan fingerprint density at radius 2 is 1.93 bits per heavy atom. The molecule has 1 aliphatic heterocycles. The van der Waals surface area contributed by atoms with E-state index in [-0.39, 0.29) is 6.10 Å². The Bertz CT molecular complexity index is 153. The van der Waals surface area contributed by atoms with Gasteiger partial charge in [-0.3, -0.25) is 4.90 Å². The largest absolute Gasteiger partial charge is 0.392 e. The Balaban J connectivity index is 2.28. The summed E-state index contributed by atoms with van der Waals surface area (Å²) in [5.74, 6) is 0.831. The van der Waals surface area contributed by atoms with Gasteiger partial charge >= 0.3 is 0 Å². The van der Waals surface area contributed by atoms with E-state index in [0.29, 0.717) is 6.04 Å². The van der Waals surface area contributed by atoms with Crippen molar-refractivity contribution >= 4 is 0 Å². The summed E-state index contributed by atoms with van der Waals surface area (Å²) in [4.78, 5) is 2.40. The molecule has 0 spiro atoms. The molecule has 1 heterocycles. The van der Waals surface area contributed by atoms with Crippen molar-refractivity contribution in [2.45, 2.75) is 38.8 Å². The second-order valence-electron chi connectivity index (χ2n) is 4.52. The molecular formula is C11H24N2O. The quantitative estimate of drug-likeness (QED) is 0.701. The van der Waals surface area contributed by atoms with Crippen LogP contribution in [0.2, 0.25) is 0 Å². The minimum atomic E-state index is -0.212. The fourth-order valence-corrected chi connectivity index (χ4v) is 2.16. The van der Waals surface area contributed by atoms with Gasteiger partial charge in [-0.1, -0.05) is 0 Å². The van der Waals surface area contributed by atoms with Gasteiger partial charge in [0.15, 0.2) is 0 Å². The molecule has 0 aliphatic carbocycles. The first-order valence-electron chi connectivity index (χ1n) is 5.72. The van der Waals surface area contributed by atoms with Crippen molar-refractivity contribution in [2.75, 3.05) is 26.7 Å². The molecule has 84 valence electrons. The van der Waals surface area contributed by atoms with Gasteiger partial charge in [0.25, 0.3) is 0 Å². The number of aliphatic hydroxyl groups excluding tert-OH is 1. The van der Waals surface area contributed by atoms with Crippen LogP contribution in [0.3, 0.4) is 0 Å². The van der Waals surface area contributed by atoms with Gasteiger partial charge in [-0.05, 0) is 59.3 Å². The van der Waals surface area contributed by atoms with Gasteiger partial charge in [0, 0.05) is 6.04 Å². The first-order chi connectivity index (χ1) is 6.65. The van der Waals surface area contributed by atoms with Gasteiger partial charge in [0.1, 0.15) is 0 Å². The molecule has 2 unspecified atom stereocenters. The van der Waals surface area contributed by atoms with Crippen molar-refractivity contribution < 1.29 is 5.11 Å². The molecule has 1 rings (SSSR count). The van der Waals surface area contributed by atoms with Crippen LogP contribution in [-0.4, -0.2) is 48.8 Å². The number of nitrogens with zero attached hydrogens (tertiary/aromatic N) is 1. The van der Waals surface area contributed by atoms with E-state index >= 15 is 0 Å². The van der Waals surface area contributed by atoms with Crippen molar-refractivity contribution in [1.82, 2.24) is 10.2 Å². The molecule has 0 saturated carbocycles. The topological polar surface area (TPSA) is 35.5 Å². The summed E-state index contributed by atoms with van der Waals surface area (Å²) in [7, 11) is 2.02. The third-order valence-electron chi connectivity index (χ3n) is 3.42. The number of aliphatic hydroxyl groups is 1. The van der Waals surface area contributed by atoms with Crippen molar-refractivity contribution in [3.8, 4) is 0 Å². The Morgan fingerprint density at radius 3 is 2.36 bits per heavy atom. The molecule has 1 aliphatic rings. The zero-order valence-corrected chi connectivity index (χ0v) is 9.66. The molecule has 0 aromatic heterocycles. The molecule has 0 bridgehead atoms. The maximum atomic E-state index is 9.49. The predicted molar refractivity (Wildman–Crippen MR) is 59.4 cm³/mol. The minimum Gasteiger partial charge on any atom is -0.392 e. The molecule has 0 radical (unpaired) electrons. The molecule has 1 fully saturated rings. The van der Waals surface area contributed by atoms with Gasteiger partial charge in [-0.25, -0.2) is 0 Å². The standard InChI is InChI=1S/C11H24N2O/c1-9(10(2)14)13-6-4-11(5-7-13)8-12-3/h9-12,14H,4-8H2,1-3H3. The van der Waals surface area contributed by atoms with Crippen molar-refractivity contribution in [1.29, 1.82) is 0 Å². The molecule has 3 nitrogen and oxygen atoms in total. The maximum Gasteiger partial charge on any atom is 0.0664 e. The van der Waals surface area contributed by atoms with Crippen LogP contribution in [0, 0.1) is 5.92 Å². The number of likely N-dealkylation sites (tertiary alicyclic amines) is 1. The highest BCUT2D eigenvalue weighted by molar-refractivity contribution is 4.79. The second-order valence-corrected chi connectivity index (χ2v) is 4.52. The summed E-state index contributed by atoms with van der Waals surface area (Å²) in [6.07, 6.45) is 2.31. The van der Waals surface area contributed by atoms with Crippen LogP contribution in [0.4, 0.5) is 0 Å². The lowest BCUT2D eigenvalue weighted by molar-refractivity contribution is 0.0484. The minimum absolute atomic E-state index is 0.212. The zero-order valence-electron chi connectivity index (χ0n) is 9.66. The van der Waals surface area contributed by atoms with E-state index in [4.69, 9.17) is 0 Å². The van der Waals surface area contributed by atoms with Gasteiger partial charge in [0.2, 0.25) is 0 Å². The Labute approximate surface area is 87.5 Å². The molecule has 0 aromatic rings. The fraction of sp³-hybridized carbons (Fsp3) is 1.00. The molecule has 2 atom stereocenters. The van der Waals surface area contributed by atoms with Gasteiger partial charge in [-0.15, -0.1) is 0 Å². The molecular weight excluding hydrogens is 176 g/mol. The van der Waals surface area contributed by atoms with Gasteiger partial charge in [0.05, 0.1) is 6.10 Å². The SMILES string of the molecule is CNCC1CCN(C(C)C(C)O)CC1. The first-order valence-corrected chi connectivity index (χ1v) is 5.72. The smallest absolute Gasteiger partial charge is 0.0664 e. The Kier molecular flexibility index (Phi) is 4.85. The highest BCUT2D eigenvalue weighted by Crippen LogP contribution is 2.19. The molecule has 14 heavy (non-hydrogen) atoms. The third kappa shape index (κ3) is 3.23. The molecule has 0 aromatic carbocycles. The lowest BCUT2D eigenvalue weighted by atomic mass is 9.95. The van der Waals surface area contributed by atoms with E-state index in [2.05, 4.69) is 17.1 Å². The summed E-state index contributed by atoms with van der Waals surface area (Å²) in [5.41, 5.74) is 0. The number of rotatable bonds is 4. The summed E-state index contributed by atoms with van der Waals surface area (Å²) < 4.78 is 0. The fourth-order valence-electron chi connectivity index (χ4n) is 2.16. The van der Waals surface area contributed by atoms with Crippen LogP contribution >= 0.6 is 0 Å². The summed E-state index contributed by atoms with van der Waals surface area (Å²) >= 11 is 0. The van der Waals surface area contributed by atoms with E-state index in [1.807, 2.05) is 14.0 Å². The van der Waals surface area contributed by atoms with Crippen LogP contribution in [0.25, 0.3) is 0 Å². The first kappa shape index (κ1) is 12.0. The van der Waals surface area contributed by atoms with Crippen LogP contribution in [-0.2, 0) is 0 Å². The molecule has 1 saturated heterocycles. The van der Waals surface area contributed by atoms with Crippen LogP contribution in [0.1, 0.15) is 26.7 Å². The van der Waals surface area contributed by atoms with Crippen molar-refractivity contribution in [2.24, 2.45) is 5.92 Å². The highest BCUT2D eigenvalue weighted by Gasteiger charge is 2.24. The lowest BCUT2D eigenvalue weighted by Crippen LogP contribution is -2.45. The predicted octanol–water partition coefficient (Wildman–Crippen LogP) is 0.687. The maximum absolute atomic E-state index is 9.49. The average molecular weight is 200 g/mol. The van der Waals surface area contributed by atoms with E-state index in [1.165, 1.54) is 12.8 Å². The highest BCUT2D eigenvalue weighted by atomic mass is 16.3. The van der Waals surface area contributed by atoms with E-state index < -0.39 is 0 Å². The average Bonchev–Trinajstić information content (AvgIpc) is 2.18. The third-order valence-corrected chi connectivity index (χ3v) is 3.42. The van der Waals surface area contributed by atoms with Crippen molar-refractivity contribution in [3.63, 3.8) is 0 Å². The summed E-state index contributed by atoms with van der Waals surface area (Å²) in [6.45, 7) is 7.40. The van der Waals surface area contributed by atoms with Crippen LogP contribution in [0.15, 0.2) is 0 Å². The van der Waals surface area contributed by atoms with E-state index in [0.717, 1.165) is 25.6 Å². The monoisotopic (exact) mass is 200 g/mol. The van der Waals surface area contributed by atoms with Crippen molar-refractivity contribution in [3.05, 3.63) is 0 Å². The summed E-state index contributed by atoms with van der Waals surface area (Å²) in [6, 6.07) is 0.311. The number of hydrogen-bond acceptors (Lipinski definition) is 3. The normalized spacial score (nSPS) is 24.9. The molecule has 2 N–H and O–H groups in total. The summed E-state index contributed by atoms with van der Waals surface area (Å²) in [5, 5.41) is 12.7. The van der Waals surface area contributed by atoms with Gasteiger partial charge < -0.3 is 10.4 Å². The second kappa shape index (κ2) is 5.69. The molecule has 0 amide bonds. The number of nitrogens with one attached hydrogen (secondary N) is 1. The van der Waals surface area contributed by atoms with Crippen LogP contribution < -0.4 is 5.32 Å². The zero-order chi connectivity index (χ0) is 10.6. The molecule has 3 heteroatoms. The van der Waals surface area contributed by atoms with E-state index in [1.54, 1.807) is 0 Å². The Hall–Kier alpha value is -0.120. The Morgan fingerprint density at radius 1 is 1.36 bits per heavy atom. The van der Waals surface area contributed by atoms with Crippen LogP contribution in [0.5, 0.6) is 0 Å². The lowest BCUT2D eigenvalue weighted by Gasteiger charge is -2.37. The van der Waals surface area contributed by atoms with Gasteiger partial charge in [-0.2, -0.15) is 0 Å². The number of piperidine rings is 1.